The number of nitrogens with one attached hydrogen (secondary N) is 2. The molecule has 0 spiro atoms. The second-order valence-corrected chi connectivity index (χ2v) is 5.74. The van der Waals surface area contributed by atoms with Crippen molar-refractivity contribution in [2.75, 3.05) is 5.32 Å². The van der Waals surface area contributed by atoms with Crippen LogP contribution < -0.4 is 10.6 Å². The largest absolute Gasteiger partial charge is 0.335 e. The molecule has 106 valence electrons. The summed E-state index contributed by atoms with van der Waals surface area (Å²) in [4.78, 5) is 11.9. The van der Waals surface area contributed by atoms with Crippen LogP contribution in [0.5, 0.6) is 0 Å². The number of para-hydroxylation sites is 1. The average Bonchev–Trinajstić information content (AvgIpc) is 2.31. The Morgan fingerprint density at radius 3 is 2.21 bits per heavy atom. The summed E-state index contributed by atoms with van der Waals surface area (Å²) < 4.78 is 0. The van der Waals surface area contributed by atoms with Gasteiger partial charge in [-0.3, -0.25) is 0 Å². The second kappa shape index (κ2) is 7.17. The van der Waals surface area contributed by atoms with Crippen molar-refractivity contribution >= 4 is 11.7 Å². The molecule has 0 aliphatic heterocycles. The van der Waals surface area contributed by atoms with Gasteiger partial charge in [0.15, 0.2) is 0 Å². The summed E-state index contributed by atoms with van der Waals surface area (Å²) in [6.07, 6.45) is 2.14. The monoisotopic (exact) mass is 262 g/mol. The van der Waals surface area contributed by atoms with Crippen molar-refractivity contribution in [3.63, 3.8) is 0 Å². The lowest BCUT2D eigenvalue weighted by Gasteiger charge is -2.17. The van der Waals surface area contributed by atoms with E-state index in [1.807, 2.05) is 39.0 Å². The molecule has 1 rings (SSSR count). The number of hydrogen-bond donors (Lipinski definition) is 2. The van der Waals surface area contributed by atoms with Gasteiger partial charge < -0.3 is 10.6 Å². The number of carbonyl (C=O) groups excluding carboxylic acids is 1. The topological polar surface area (TPSA) is 41.1 Å². The predicted octanol–water partition coefficient (Wildman–Crippen LogP) is 4.25. The number of hydrogen-bond acceptors (Lipinski definition) is 1. The van der Waals surface area contributed by atoms with Crippen LogP contribution >= 0.6 is 0 Å². The Balaban J connectivity index is 2.51. The highest BCUT2D eigenvalue weighted by Crippen LogP contribution is 2.19. The van der Waals surface area contributed by atoms with E-state index >= 15 is 0 Å². The van der Waals surface area contributed by atoms with Crippen LogP contribution in [0.2, 0.25) is 0 Å². The number of anilines is 1. The third kappa shape index (κ3) is 5.33. The van der Waals surface area contributed by atoms with Crippen molar-refractivity contribution in [1.82, 2.24) is 5.32 Å². The van der Waals surface area contributed by atoms with Gasteiger partial charge in [0.05, 0.1) is 0 Å². The van der Waals surface area contributed by atoms with Crippen molar-refractivity contribution in [3.05, 3.63) is 29.3 Å². The summed E-state index contributed by atoms with van der Waals surface area (Å²) in [6.45, 7) is 10.5. The molecule has 1 unspecified atom stereocenters. The number of urea groups is 1. The zero-order valence-corrected chi connectivity index (χ0v) is 12.7. The van der Waals surface area contributed by atoms with E-state index in [-0.39, 0.29) is 12.1 Å². The first-order chi connectivity index (χ1) is 8.90. The highest BCUT2D eigenvalue weighted by Gasteiger charge is 2.10. The summed E-state index contributed by atoms with van der Waals surface area (Å²) in [5.41, 5.74) is 3.09. The molecule has 3 nitrogen and oxygen atoms in total. The minimum atomic E-state index is -0.117. The van der Waals surface area contributed by atoms with E-state index in [1.165, 1.54) is 0 Å². The van der Waals surface area contributed by atoms with Crippen molar-refractivity contribution in [2.45, 2.75) is 53.5 Å². The molecule has 2 N–H and O–H groups in total. The zero-order valence-electron chi connectivity index (χ0n) is 12.7. The molecule has 0 aliphatic carbocycles. The highest BCUT2D eigenvalue weighted by molar-refractivity contribution is 5.91. The lowest BCUT2D eigenvalue weighted by molar-refractivity contribution is 0.248. The van der Waals surface area contributed by atoms with Gasteiger partial charge in [-0.25, -0.2) is 4.79 Å². The lowest BCUT2D eigenvalue weighted by atomic mass is 10.0. The maximum Gasteiger partial charge on any atom is 0.319 e. The molecule has 0 saturated heterocycles. The highest BCUT2D eigenvalue weighted by atomic mass is 16.2. The summed E-state index contributed by atoms with van der Waals surface area (Å²) in [7, 11) is 0. The Hall–Kier alpha value is -1.51. The third-order valence-electron chi connectivity index (χ3n) is 3.27. The van der Waals surface area contributed by atoms with Gasteiger partial charge in [0.25, 0.3) is 0 Å². The van der Waals surface area contributed by atoms with Crippen LogP contribution in [0.25, 0.3) is 0 Å². The fourth-order valence-corrected chi connectivity index (χ4v) is 2.04. The molecule has 1 atom stereocenters. The fourth-order valence-electron chi connectivity index (χ4n) is 2.04. The molecule has 0 aliphatic rings. The van der Waals surface area contributed by atoms with Gasteiger partial charge in [0.2, 0.25) is 0 Å². The van der Waals surface area contributed by atoms with Gasteiger partial charge in [-0.15, -0.1) is 0 Å². The first-order valence-corrected chi connectivity index (χ1v) is 7.04. The van der Waals surface area contributed by atoms with Crippen molar-refractivity contribution in [3.8, 4) is 0 Å². The third-order valence-corrected chi connectivity index (χ3v) is 3.27. The van der Waals surface area contributed by atoms with Gasteiger partial charge in [0, 0.05) is 11.7 Å². The molecule has 0 saturated carbocycles. The summed E-state index contributed by atoms with van der Waals surface area (Å²) >= 11 is 0. The summed E-state index contributed by atoms with van der Waals surface area (Å²) in [5, 5.41) is 5.94. The van der Waals surface area contributed by atoms with Crippen LogP contribution in [0.4, 0.5) is 10.5 Å². The molecule has 0 heterocycles. The minimum absolute atomic E-state index is 0.117. The molecule has 0 bridgehead atoms. The Labute approximate surface area is 116 Å². The summed E-state index contributed by atoms with van der Waals surface area (Å²) in [6, 6.07) is 6.09. The van der Waals surface area contributed by atoms with Crippen LogP contribution in [0.3, 0.4) is 0 Å². The molecule has 0 radical (unpaired) electrons. The Morgan fingerprint density at radius 2 is 1.68 bits per heavy atom. The molecular formula is C16H26N2O. The smallest absolute Gasteiger partial charge is 0.319 e. The van der Waals surface area contributed by atoms with E-state index in [2.05, 4.69) is 24.5 Å². The normalized spacial score (nSPS) is 12.3. The standard InChI is InChI=1S/C16H26N2O/c1-11(2)9-10-14(5)17-16(19)18-15-12(3)7-6-8-13(15)4/h6-8,11,14H,9-10H2,1-5H3,(H2,17,18,19). The first-order valence-electron chi connectivity index (χ1n) is 7.04. The van der Waals surface area contributed by atoms with Gasteiger partial charge in [-0.2, -0.15) is 0 Å². The second-order valence-electron chi connectivity index (χ2n) is 5.74. The zero-order chi connectivity index (χ0) is 14.4. The first kappa shape index (κ1) is 15.5. The van der Waals surface area contributed by atoms with E-state index in [0.29, 0.717) is 5.92 Å². The SMILES string of the molecule is Cc1cccc(C)c1NC(=O)NC(C)CCC(C)C. The van der Waals surface area contributed by atoms with Crippen LogP contribution in [-0.2, 0) is 0 Å². The molecule has 0 aromatic heterocycles. The van der Waals surface area contributed by atoms with Gasteiger partial charge in [-0.1, -0.05) is 32.0 Å². The van der Waals surface area contributed by atoms with Crippen molar-refractivity contribution < 1.29 is 4.79 Å². The van der Waals surface area contributed by atoms with Crippen LogP contribution in [0, 0.1) is 19.8 Å². The number of benzene rings is 1. The quantitative estimate of drug-likeness (QED) is 0.818. The molecule has 1 aromatic rings. The Bertz CT molecular complexity index is 407. The molecular weight excluding hydrogens is 236 g/mol. The van der Waals surface area contributed by atoms with E-state index < -0.39 is 0 Å². The molecule has 0 fully saturated rings. The number of carbonyl (C=O) groups is 1. The van der Waals surface area contributed by atoms with Crippen LogP contribution in [0.1, 0.15) is 44.7 Å². The molecule has 3 heteroatoms. The molecule has 1 aromatic carbocycles. The van der Waals surface area contributed by atoms with Gasteiger partial charge >= 0.3 is 6.03 Å². The Kier molecular flexibility index (Phi) is 5.87. The minimum Gasteiger partial charge on any atom is -0.335 e. The van der Waals surface area contributed by atoms with Gasteiger partial charge in [0.1, 0.15) is 0 Å². The van der Waals surface area contributed by atoms with E-state index in [9.17, 15) is 4.79 Å². The van der Waals surface area contributed by atoms with E-state index in [0.717, 1.165) is 29.7 Å². The maximum absolute atomic E-state index is 11.9. The number of aryl methyl sites for hydroxylation is 2. The van der Waals surface area contributed by atoms with Gasteiger partial charge in [-0.05, 0) is 50.7 Å². The maximum atomic E-state index is 11.9. The average molecular weight is 262 g/mol. The Morgan fingerprint density at radius 1 is 1.11 bits per heavy atom. The van der Waals surface area contributed by atoms with Crippen molar-refractivity contribution in [1.29, 1.82) is 0 Å². The molecule has 19 heavy (non-hydrogen) atoms. The van der Waals surface area contributed by atoms with Crippen LogP contribution in [-0.4, -0.2) is 12.1 Å². The predicted molar refractivity (Wildman–Crippen MR) is 81.6 cm³/mol. The fraction of sp³-hybridized carbons (Fsp3) is 0.562. The van der Waals surface area contributed by atoms with E-state index in [4.69, 9.17) is 0 Å². The van der Waals surface area contributed by atoms with Crippen molar-refractivity contribution in [2.24, 2.45) is 5.92 Å². The van der Waals surface area contributed by atoms with Crippen LogP contribution in [0.15, 0.2) is 18.2 Å². The lowest BCUT2D eigenvalue weighted by Crippen LogP contribution is -2.36. The molecule has 2 amide bonds. The summed E-state index contributed by atoms with van der Waals surface area (Å²) in [5.74, 6) is 0.672. The number of amides is 2. The number of rotatable bonds is 5. The van der Waals surface area contributed by atoms with E-state index in [1.54, 1.807) is 0 Å².